The maximum Gasteiger partial charge on any atom is -0.0133 e. The first-order valence-electron chi connectivity index (χ1n) is 7.09. The highest BCUT2D eigenvalue weighted by Crippen LogP contribution is 2.40. The molecule has 1 aliphatic carbocycles. The normalized spacial score (nSPS) is 25.0. The van der Waals surface area contributed by atoms with Crippen LogP contribution in [-0.4, -0.2) is 0 Å². The Morgan fingerprint density at radius 2 is 1.53 bits per heavy atom. The number of hydrogen-bond donors (Lipinski definition) is 0. The van der Waals surface area contributed by atoms with E-state index in [0.29, 0.717) is 0 Å². The van der Waals surface area contributed by atoms with Gasteiger partial charge in [0.25, 0.3) is 0 Å². The molecule has 0 heteroatoms. The van der Waals surface area contributed by atoms with E-state index in [2.05, 4.69) is 40.7 Å². The van der Waals surface area contributed by atoms with Gasteiger partial charge in [-0.15, -0.1) is 0 Å². The molecule has 94 valence electrons. The van der Waals surface area contributed by atoms with Gasteiger partial charge in [-0.1, -0.05) is 32.3 Å². The van der Waals surface area contributed by atoms with E-state index in [-0.39, 0.29) is 0 Å². The summed E-state index contributed by atoms with van der Waals surface area (Å²) in [6, 6.07) is 2.46. The summed E-state index contributed by atoms with van der Waals surface area (Å²) >= 11 is 0. The predicted octanol–water partition coefficient (Wildman–Crippen LogP) is 5.21. The first-order valence-corrected chi connectivity index (χ1v) is 7.09. The maximum absolute atomic E-state index is 2.46. The molecule has 2 atom stereocenters. The lowest BCUT2D eigenvalue weighted by molar-refractivity contribution is 0.329. The fourth-order valence-corrected chi connectivity index (χ4v) is 3.41. The topological polar surface area (TPSA) is 0 Å². The first kappa shape index (κ1) is 12.7. The molecule has 0 spiro atoms. The monoisotopic (exact) mass is 230 g/mol. The van der Waals surface area contributed by atoms with E-state index in [1.807, 2.05) is 0 Å². The van der Waals surface area contributed by atoms with Gasteiger partial charge in [-0.3, -0.25) is 0 Å². The molecule has 2 unspecified atom stereocenters. The molecule has 17 heavy (non-hydrogen) atoms. The molecule has 1 saturated carbocycles. The molecule has 0 saturated heterocycles. The van der Waals surface area contributed by atoms with Gasteiger partial charge >= 0.3 is 0 Å². The highest BCUT2D eigenvalue weighted by molar-refractivity contribution is 5.45. The van der Waals surface area contributed by atoms with E-state index in [4.69, 9.17) is 0 Å². The summed E-state index contributed by atoms with van der Waals surface area (Å²) in [4.78, 5) is 0. The van der Waals surface area contributed by atoms with Crippen LogP contribution in [0.4, 0.5) is 0 Å². The van der Waals surface area contributed by atoms with Crippen LogP contribution >= 0.6 is 0 Å². The first-order chi connectivity index (χ1) is 8.02. The van der Waals surface area contributed by atoms with Gasteiger partial charge in [0.1, 0.15) is 0 Å². The van der Waals surface area contributed by atoms with Crippen LogP contribution < -0.4 is 0 Å². The highest BCUT2D eigenvalue weighted by atomic mass is 14.3. The Morgan fingerprint density at radius 3 is 2.18 bits per heavy atom. The Balaban J connectivity index is 2.44. The number of benzene rings is 1. The lowest BCUT2D eigenvalue weighted by Gasteiger charge is -2.31. The van der Waals surface area contributed by atoms with Crippen LogP contribution in [0.5, 0.6) is 0 Å². The number of aryl methyl sites for hydroxylation is 1. The molecular formula is C17H26. The quantitative estimate of drug-likeness (QED) is 0.621. The van der Waals surface area contributed by atoms with Gasteiger partial charge in [-0.25, -0.2) is 0 Å². The smallest absolute Gasteiger partial charge is 0.0133 e. The molecule has 0 nitrogen and oxygen atoms in total. The molecule has 0 aromatic heterocycles. The molecule has 1 fully saturated rings. The van der Waals surface area contributed by atoms with Crippen LogP contribution in [0.3, 0.4) is 0 Å². The highest BCUT2D eigenvalue weighted by Gasteiger charge is 2.25. The Morgan fingerprint density at radius 1 is 0.882 bits per heavy atom. The molecule has 2 rings (SSSR count). The number of hydrogen-bond acceptors (Lipinski definition) is 0. The van der Waals surface area contributed by atoms with E-state index in [1.165, 1.54) is 42.4 Å². The van der Waals surface area contributed by atoms with Crippen molar-refractivity contribution < 1.29 is 0 Å². The molecule has 0 amide bonds. The average Bonchev–Trinajstić information content (AvgIpc) is 2.32. The molecule has 0 N–H and O–H groups in total. The summed E-state index contributed by atoms with van der Waals surface area (Å²) < 4.78 is 0. The van der Waals surface area contributed by atoms with Crippen molar-refractivity contribution in [1.29, 1.82) is 0 Å². The van der Waals surface area contributed by atoms with Gasteiger partial charge in [-0.05, 0) is 73.8 Å². The second-order valence-electron chi connectivity index (χ2n) is 6.03. The molecular weight excluding hydrogens is 204 g/mol. The summed E-state index contributed by atoms with van der Waals surface area (Å²) in [6.07, 6.45) is 5.65. The zero-order chi connectivity index (χ0) is 12.6. The SMILES string of the molecule is Cc1cc(C2CCCCC2C)c(C)c(C)c1C. The largest absolute Gasteiger partial charge is 0.0619 e. The van der Waals surface area contributed by atoms with E-state index < -0.39 is 0 Å². The van der Waals surface area contributed by atoms with Crippen LogP contribution in [0.2, 0.25) is 0 Å². The lowest BCUT2D eigenvalue weighted by atomic mass is 9.74. The third-order valence-corrected chi connectivity index (χ3v) is 5.03. The zero-order valence-electron chi connectivity index (χ0n) is 12.1. The van der Waals surface area contributed by atoms with E-state index in [1.54, 1.807) is 11.1 Å². The van der Waals surface area contributed by atoms with Gasteiger partial charge in [0.15, 0.2) is 0 Å². The molecule has 1 aromatic carbocycles. The lowest BCUT2D eigenvalue weighted by Crippen LogP contribution is -2.16. The fraction of sp³-hybridized carbons (Fsp3) is 0.647. The third kappa shape index (κ3) is 2.27. The van der Waals surface area contributed by atoms with Crippen LogP contribution in [0.25, 0.3) is 0 Å². The van der Waals surface area contributed by atoms with Gasteiger partial charge in [-0.2, -0.15) is 0 Å². The Kier molecular flexibility index (Phi) is 3.61. The second kappa shape index (κ2) is 4.84. The third-order valence-electron chi connectivity index (χ3n) is 5.03. The average molecular weight is 230 g/mol. The minimum absolute atomic E-state index is 0.807. The van der Waals surface area contributed by atoms with E-state index in [0.717, 1.165) is 11.8 Å². The standard InChI is InChI=1S/C17H26/c1-11-8-6-7-9-16(11)17-10-12(2)13(3)14(4)15(17)5/h10-11,16H,6-9H2,1-5H3. The van der Waals surface area contributed by atoms with Gasteiger partial charge in [0.05, 0.1) is 0 Å². The summed E-state index contributed by atoms with van der Waals surface area (Å²) in [5, 5.41) is 0. The van der Waals surface area contributed by atoms with Crippen LogP contribution in [0.1, 0.15) is 66.3 Å². The van der Waals surface area contributed by atoms with Gasteiger partial charge in [0.2, 0.25) is 0 Å². The van der Waals surface area contributed by atoms with Crippen molar-refractivity contribution in [2.45, 2.75) is 66.2 Å². The molecule has 0 heterocycles. The van der Waals surface area contributed by atoms with Crippen molar-refractivity contribution in [3.63, 3.8) is 0 Å². The van der Waals surface area contributed by atoms with Crippen molar-refractivity contribution >= 4 is 0 Å². The predicted molar refractivity (Wildman–Crippen MR) is 75.8 cm³/mol. The summed E-state index contributed by atoms with van der Waals surface area (Å²) in [6.45, 7) is 11.6. The Labute approximate surface area is 106 Å². The summed E-state index contributed by atoms with van der Waals surface area (Å²) in [5.41, 5.74) is 7.65. The minimum atomic E-state index is 0.807. The van der Waals surface area contributed by atoms with Gasteiger partial charge in [0, 0.05) is 0 Å². The summed E-state index contributed by atoms with van der Waals surface area (Å²) in [5.74, 6) is 1.67. The van der Waals surface area contributed by atoms with Crippen LogP contribution in [-0.2, 0) is 0 Å². The van der Waals surface area contributed by atoms with Crippen molar-refractivity contribution in [3.05, 3.63) is 33.9 Å². The molecule has 0 aliphatic heterocycles. The number of rotatable bonds is 1. The summed E-state index contributed by atoms with van der Waals surface area (Å²) in [7, 11) is 0. The van der Waals surface area contributed by atoms with Gasteiger partial charge < -0.3 is 0 Å². The Hall–Kier alpha value is -0.780. The van der Waals surface area contributed by atoms with E-state index in [9.17, 15) is 0 Å². The fourth-order valence-electron chi connectivity index (χ4n) is 3.41. The second-order valence-corrected chi connectivity index (χ2v) is 6.03. The molecule has 0 bridgehead atoms. The van der Waals surface area contributed by atoms with E-state index >= 15 is 0 Å². The maximum atomic E-state index is 2.46. The van der Waals surface area contributed by atoms with Crippen molar-refractivity contribution in [2.75, 3.05) is 0 Å². The Bertz CT molecular complexity index is 415. The molecule has 1 aliphatic rings. The molecule has 0 radical (unpaired) electrons. The minimum Gasteiger partial charge on any atom is -0.0619 e. The van der Waals surface area contributed by atoms with Crippen LogP contribution in [0.15, 0.2) is 6.07 Å². The van der Waals surface area contributed by atoms with Crippen molar-refractivity contribution in [2.24, 2.45) is 5.92 Å². The van der Waals surface area contributed by atoms with Crippen molar-refractivity contribution in [1.82, 2.24) is 0 Å². The van der Waals surface area contributed by atoms with Crippen molar-refractivity contribution in [3.8, 4) is 0 Å². The van der Waals surface area contributed by atoms with Crippen LogP contribution in [0, 0.1) is 33.6 Å². The zero-order valence-corrected chi connectivity index (χ0v) is 12.1. The molecule has 1 aromatic rings.